The Hall–Kier alpha value is -3.12. The molecular weight excluding hydrogens is 472 g/mol. The molecule has 12 heteroatoms. The van der Waals surface area contributed by atoms with Crippen LogP contribution in [0, 0.1) is 5.92 Å². The van der Waals surface area contributed by atoms with E-state index < -0.39 is 18.0 Å². The largest absolute Gasteiger partial charge is 0.396 e. The quantitative estimate of drug-likeness (QED) is 0.512. The third kappa shape index (κ3) is 4.21. The molecule has 3 aromatic heterocycles. The van der Waals surface area contributed by atoms with Crippen LogP contribution in [0.3, 0.4) is 0 Å². The summed E-state index contributed by atoms with van der Waals surface area (Å²) in [5.41, 5.74) is 0.118. The average molecular weight is 502 g/mol. The molecule has 6 rings (SSSR count). The maximum atomic E-state index is 13.8. The molecular formula is C24H29F2N7O3. The van der Waals surface area contributed by atoms with Gasteiger partial charge in [0, 0.05) is 25.5 Å². The molecule has 1 amide bonds. The third-order valence-corrected chi connectivity index (χ3v) is 7.74. The Bertz CT molecular complexity index is 1250. The number of aromatic nitrogens is 5. The number of carbonyl (C=O) groups is 1. The highest BCUT2D eigenvalue weighted by molar-refractivity contribution is 6.08. The molecule has 1 saturated carbocycles. The Labute approximate surface area is 206 Å². The van der Waals surface area contributed by atoms with Gasteiger partial charge >= 0.3 is 0 Å². The molecule has 192 valence electrons. The van der Waals surface area contributed by atoms with Crippen LogP contribution in [0.25, 0.3) is 5.65 Å². The Kier molecular flexibility index (Phi) is 6.08. The minimum absolute atomic E-state index is 0.00279. The van der Waals surface area contributed by atoms with Crippen molar-refractivity contribution in [3.63, 3.8) is 0 Å². The predicted octanol–water partition coefficient (Wildman–Crippen LogP) is 3.21. The summed E-state index contributed by atoms with van der Waals surface area (Å²) in [7, 11) is 0. The van der Waals surface area contributed by atoms with Gasteiger partial charge in [0.15, 0.2) is 11.3 Å². The standard InChI is InChI=1S/C24H29F2N7O3/c25-22(26)21-19(12-33(30-21)15-3-1-14(2-4-15)6-8-34)28-24(35)18-10-27-32-7-5-20(29-23(18)32)31-11-17-9-16(31)13-36-17/h5,7,10,12,14-17,22,34H,1-4,6,8-9,11,13H2,(H,28,35)/t14-,15-,16-,17-/m1/s1. The van der Waals surface area contributed by atoms with Gasteiger partial charge < -0.3 is 20.1 Å². The zero-order chi connectivity index (χ0) is 24.8. The normalized spacial score (nSPS) is 25.8. The number of halogens is 2. The number of nitrogens with one attached hydrogen (secondary N) is 1. The van der Waals surface area contributed by atoms with Crippen LogP contribution in [-0.2, 0) is 4.74 Å². The summed E-state index contributed by atoms with van der Waals surface area (Å²) >= 11 is 0. The first-order valence-electron chi connectivity index (χ1n) is 12.5. The molecule has 2 aliphatic heterocycles. The topological polar surface area (TPSA) is 110 Å². The molecule has 2 N–H and O–H groups in total. The second kappa shape index (κ2) is 9.40. The van der Waals surface area contributed by atoms with E-state index in [0.717, 1.165) is 50.9 Å². The molecule has 0 spiro atoms. The smallest absolute Gasteiger partial charge is 0.284 e. The fourth-order valence-corrected chi connectivity index (χ4v) is 5.78. The van der Waals surface area contributed by atoms with E-state index in [1.807, 2.05) is 6.07 Å². The number of amides is 1. The van der Waals surface area contributed by atoms with Crippen molar-refractivity contribution >= 4 is 23.1 Å². The third-order valence-electron chi connectivity index (χ3n) is 7.74. The SMILES string of the molecule is O=C(Nc1cn([C@H]2CC[C@H](CCO)CC2)nc1C(F)F)c1cnn2ccc(N3C[C@H]4C[C@@H]3CO4)nc12. The second-order valence-electron chi connectivity index (χ2n) is 9.96. The van der Waals surface area contributed by atoms with Crippen LogP contribution in [0.4, 0.5) is 20.3 Å². The van der Waals surface area contributed by atoms with E-state index in [4.69, 9.17) is 9.84 Å². The van der Waals surface area contributed by atoms with Gasteiger partial charge in [0.05, 0.1) is 36.7 Å². The monoisotopic (exact) mass is 501 g/mol. The molecule has 0 unspecified atom stereocenters. The van der Waals surface area contributed by atoms with Gasteiger partial charge in [0.2, 0.25) is 0 Å². The van der Waals surface area contributed by atoms with E-state index in [1.165, 1.54) is 16.9 Å². The molecule has 3 aromatic rings. The van der Waals surface area contributed by atoms with Crippen molar-refractivity contribution in [2.75, 3.05) is 30.0 Å². The van der Waals surface area contributed by atoms with Crippen LogP contribution in [-0.4, -0.2) is 67.3 Å². The molecule has 0 aromatic carbocycles. The van der Waals surface area contributed by atoms with E-state index in [9.17, 15) is 13.6 Å². The van der Waals surface area contributed by atoms with Crippen LogP contribution in [0.15, 0.2) is 24.7 Å². The molecule has 1 aliphatic carbocycles. The van der Waals surface area contributed by atoms with Crippen LogP contribution in [0.1, 0.15) is 67.0 Å². The first-order valence-corrected chi connectivity index (χ1v) is 12.5. The Balaban J connectivity index is 1.22. The van der Waals surface area contributed by atoms with Crippen molar-refractivity contribution in [2.24, 2.45) is 5.92 Å². The highest BCUT2D eigenvalue weighted by atomic mass is 19.3. The van der Waals surface area contributed by atoms with E-state index in [0.29, 0.717) is 18.2 Å². The minimum atomic E-state index is -2.83. The summed E-state index contributed by atoms with van der Waals surface area (Å²) in [6, 6.07) is 2.11. The Morgan fingerprint density at radius 3 is 2.78 bits per heavy atom. The summed E-state index contributed by atoms with van der Waals surface area (Å²) in [6.45, 7) is 1.58. The molecule has 36 heavy (non-hydrogen) atoms. The number of aliphatic hydroxyl groups excluding tert-OH is 1. The van der Waals surface area contributed by atoms with Crippen molar-refractivity contribution in [1.29, 1.82) is 0 Å². The zero-order valence-electron chi connectivity index (χ0n) is 19.8. The molecule has 5 heterocycles. The number of nitrogens with zero attached hydrogens (tertiary/aromatic N) is 6. The van der Waals surface area contributed by atoms with E-state index in [1.54, 1.807) is 10.9 Å². The molecule has 3 aliphatic rings. The number of hydrogen-bond donors (Lipinski definition) is 2. The lowest BCUT2D eigenvalue weighted by atomic mass is 9.84. The first-order chi connectivity index (χ1) is 17.5. The van der Waals surface area contributed by atoms with Gasteiger partial charge in [-0.25, -0.2) is 18.3 Å². The van der Waals surface area contributed by atoms with Crippen molar-refractivity contribution in [3.8, 4) is 0 Å². The fourth-order valence-electron chi connectivity index (χ4n) is 5.78. The number of carbonyl (C=O) groups excluding carboxylic acids is 1. The van der Waals surface area contributed by atoms with E-state index in [2.05, 4.69) is 25.4 Å². The van der Waals surface area contributed by atoms with Crippen molar-refractivity contribution in [3.05, 3.63) is 35.9 Å². The van der Waals surface area contributed by atoms with Gasteiger partial charge in [-0.15, -0.1) is 0 Å². The van der Waals surface area contributed by atoms with Crippen LogP contribution < -0.4 is 10.2 Å². The van der Waals surface area contributed by atoms with Gasteiger partial charge in [-0.3, -0.25) is 9.48 Å². The number of rotatable bonds is 7. The average Bonchev–Trinajstić information content (AvgIpc) is 3.67. The number of ether oxygens (including phenoxy) is 1. The molecule has 2 bridgehead atoms. The number of hydrogen-bond acceptors (Lipinski definition) is 7. The number of fused-ring (bicyclic) bond motifs is 3. The highest BCUT2D eigenvalue weighted by Crippen LogP contribution is 2.36. The lowest BCUT2D eigenvalue weighted by molar-refractivity contribution is 0.0988. The Morgan fingerprint density at radius 1 is 1.25 bits per heavy atom. The van der Waals surface area contributed by atoms with Gasteiger partial charge in [-0.1, -0.05) is 0 Å². The van der Waals surface area contributed by atoms with E-state index >= 15 is 0 Å². The Morgan fingerprint density at radius 2 is 2.08 bits per heavy atom. The number of anilines is 2. The van der Waals surface area contributed by atoms with Crippen LogP contribution in [0.2, 0.25) is 0 Å². The summed E-state index contributed by atoms with van der Waals surface area (Å²) in [6.07, 6.45) is 7.17. The number of aliphatic hydroxyl groups is 1. The zero-order valence-corrected chi connectivity index (χ0v) is 19.8. The predicted molar refractivity (Wildman–Crippen MR) is 126 cm³/mol. The fraction of sp³-hybridized carbons (Fsp3) is 0.583. The molecule has 10 nitrogen and oxygen atoms in total. The maximum absolute atomic E-state index is 13.8. The molecule has 3 fully saturated rings. The minimum Gasteiger partial charge on any atom is -0.396 e. The van der Waals surface area contributed by atoms with E-state index in [-0.39, 0.29) is 36.0 Å². The van der Waals surface area contributed by atoms with Gasteiger partial charge in [0.1, 0.15) is 11.4 Å². The number of morpholine rings is 1. The van der Waals surface area contributed by atoms with Gasteiger partial charge in [-0.05, 0) is 50.5 Å². The summed E-state index contributed by atoms with van der Waals surface area (Å²) in [5, 5.41) is 20.2. The van der Waals surface area contributed by atoms with Crippen LogP contribution >= 0.6 is 0 Å². The molecule has 0 radical (unpaired) electrons. The lowest BCUT2D eigenvalue weighted by Gasteiger charge is -2.28. The van der Waals surface area contributed by atoms with Crippen molar-refractivity contribution in [2.45, 2.75) is 63.1 Å². The molecule has 2 saturated heterocycles. The summed E-state index contributed by atoms with van der Waals surface area (Å²) in [4.78, 5) is 20.0. The maximum Gasteiger partial charge on any atom is 0.284 e. The highest BCUT2D eigenvalue weighted by Gasteiger charge is 2.39. The second-order valence-corrected chi connectivity index (χ2v) is 9.96. The first kappa shape index (κ1) is 23.3. The van der Waals surface area contributed by atoms with Crippen LogP contribution in [0.5, 0.6) is 0 Å². The van der Waals surface area contributed by atoms with Crippen molar-refractivity contribution < 1.29 is 23.4 Å². The summed E-state index contributed by atoms with van der Waals surface area (Å²) in [5.74, 6) is 0.631. The molecule has 2 atom stereocenters. The lowest BCUT2D eigenvalue weighted by Crippen LogP contribution is -2.37. The number of alkyl halides is 2. The van der Waals surface area contributed by atoms with Crippen molar-refractivity contribution in [1.82, 2.24) is 24.4 Å². The van der Waals surface area contributed by atoms with Gasteiger partial charge in [0.25, 0.3) is 12.3 Å². The van der Waals surface area contributed by atoms with Gasteiger partial charge in [-0.2, -0.15) is 10.2 Å². The summed E-state index contributed by atoms with van der Waals surface area (Å²) < 4.78 is 36.4.